The van der Waals surface area contributed by atoms with E-state index in [9.17, 15) is 64.5 Å². The topological polar surface area (TPSA) is 379 Å². The second-order valence-corrected chi connectivity index (χ2v) is 20.2. The van der Waals surface area contributed by atoms with Gasteiger partial charge in [0.2, 0.25) is 23.8 Å². The standard InChI is InChI=1S/C53H83N13O14/c1-9-66(10-2)33-40(70)29-53(26-37(67)30-63(6)23-24-64(7)31-38(68)27-53)28-39(69)32-65(8)34(3)25-35-14-16-36(17-15-35)55-50-59-49(60-51(61-50)62(4)5)54-22-12-11-13-41(46(74)75)56-44(71)20-18-42(47(76)77)57-52(80)58-43(48(78)79)19-21-45(72)73/h14-17,26-29,34,41-43,67-70H,9-13,18-25,30-33H2,1-8H3,(H,56,71)(H,72,73)(H,74,75)(H,76,77)(H,78,79)(H2,57,58,80)(H2,54,55,59,60,61)/b37-26+,38-27?,39-28+,40-29+/t34?,41-,42-,43-,53?/m0/s1. The van der Waals surface area contributed by atoms with Gasteiger partial charge < -0.3 is 72.3 Å². The predicted molar refractivity (Wildman–Crippen MR) is 300 cm³/mol. The van der Waals surface area contributed by atoms with Crippen LogP contribution in [-0.2, 0) is 30.4 Å². The Balaban J connectivity index is 1.62. The van der Waals surface area contributed by atoms with Crippen LogP contribution in [0.4, 0.5) is 28.3 Å². The predicted octanol–water partition coefficient (Wildman–Crippen LogP) is 3.52. The maximum Gasteiger partial charge on any atom is 0.326 e. The molecule has 3 rings (SSSR count). The third-order valence-electron chi connectivity index (χ3n) is 13.0. The Kier molecular flexibility index (Phi) is 27.4. The molecule has 1 aliphatic rings. The summed E-state index contributed by atoms with van der Waals surface area (Å²) in [5.74, 6) is -5.66. The largest absolute Gasteiger partial charge is 0.511 e. The Morgan fingerprint density at radius 3 is 1.71 bits per heavy atom. The number of aromatic nitrogens is 3. The monoisotopic (exact) mass is 1130 g/mol. The first-order valence-corrected chi connectivity index (χ1v) is 26.4. The first-order chi connectivity index (χ1) is 37.7. The van der Waals surface area contributed by atoms with Gasteiger partial charge in [-0.25, -0.2) is 19.2 Å². The van der Waals surface area contributed by atoms with Crippen LogP contribution in [-0.4, -0.2) is 230 Å². The second kappa shape index (κ2) is 33.0. The molecule has 0 radical (unpaired) electrons. The first-order valence-electron chi connectivity index (χ1n) is 26.4. The maximum absolute atomic E-state index is 12.7. The molecule has 1 aromatic heterocycles. The molecule has 2 unspecified atom stereocenters. The van der Waals surface area contributed by atoms with Gasteiger partial charge in [-0.3, -0.25) is 29.2 Å². The number of urea groups is 1. The first kappa shape index (κ1) is 66.5. The lowest BCUT2D eigenvalue weighted by Crippen LogP contribution is -2.51. The summed E-state index contributed by atoms with van der Waals surface area (Å²) < 4.78 is 0. The third kappa shape index (κ3) is 24.5. The van der Waals surface area contributed by atoms with Crippen molar-refractivity contribution >= 4 is 59.3 Å². The number of allylic oxidation sites excluding steroid dienone is 4. The van der Waals surface area contributed by atoms with Crippen molar-refractivity contribution in [1.29, 1.82) is 0 Å². The fourth-order valence-electron chi connectivity index (χ4n) is 8.39. The van der Waals surface area contributed by atoms with Gasteiger partial charge in [-0.2, -0.15) is 15.0 Å². The smallest absolute Gasteiger partial charge is 0.326 e. The highest BCUT2D eigenvalue weighted by Crippen LogP contribution is 2.32. The minimum absolute atomic E-state index is 0.0133. The summed E-state index contributed by atoms with van der Waals surface area (Å²) >= 11 is 0. The molecular weight excluding hydrogens is 1040 g/mol. The number of carboxylic acids is 4. The summed E-state index contributed by atoms with van der Waals surface area (Å²) in [7, 11) is 9.18. The van der Waals surface area contributed by atoms with E-state index in [1.54, 1.807) is 43.3 Å². The molecular formula is C53H83N13O14. The van der Waals surface area contributed by atoms with Crippen molar-refractivity contribution in [3.63, 3.8) is 0 Å². The van der Waals surface area contributed by atoms with E-state index >= 15 is 0 Å². The van der Waals surface area contributed by atoms with Gasteiger partial charge in [0, 0.05) is 58.3 Å². The van der Waals surface area contributed by atoms with E-state index in [2.05, 4.69) is 30.9 Å². The number of amides is 3. The summed E-state index contributed by atoms with van der Waals surface area (Å²) in [6.45, 7) is 9.79. The lowest BCUT2D eigenvalue weighted by atomic mass is 9.84. The Morgan fingerprint density at radius 2 is 1.20 bits per heavy atom. The lowest BCUT2D eigenvalue weighted by molar-refractivity contribution is -0.142. The molecule has 0 aliphatic carbocycles. The number of nitrogens with one attached hydrogen (secondary N) is 5. The van der Waals surface area contributed by atoms with Crippen LogP contribution in [0.2, 0.25) is 0 Å². The molecule has 0 bridgehead atoms. The van der Waals surface area contributed by atoms with Crippen LogP contribution < -0.4 is 31.5 Å². The molecule has 0 saturated carbocycles. The van der Waals surface area contributed by atoms with Gasteiger partial charge in [0.15, 0.2) is 0 Å². The average molecular weight is 1130 g/mol. The van der Waals surface area contributed by atoms with Gasteiger partial charge in [0.05, 0.1) is 31.6 Å². The fourth-order valence-corrected chi connectivity index (χ4v) is 8.39. The molecule has 27 nitrogen and oxygen atoms in total. The SMILES string of the molecule is CCN(CC)C/C(O)=C\C1(/C=C(/O)CN(C)C(C)Cc2ccc(Nc3nc(NCCCC[C@H](NC(=O)CC[C@H](NC(=O)N[C@@H](CCC(=O)O)C(=O)O)C(=O)O)C(=O)O)nc(N(C)C)n3)cc2)C=C(O)CN(C)CCN(C)C/C(O)=C\1. The van der Waals surface area contributed by atoms with E-state index in [1.807, 2.05) is 96.4 Å². The lowest BCUT2D eigenvalue weighted by Gasteiger charge is -2.27. The molecule has 27 heteroatoms. The molecule has 2 heterocycles. The van der Waals surface area contributed by atoms with Crippen molar-refractivity contribution in [2.75, 3.05) is 110 Å². The summed E-state index contributed by atoms with van der Waals surface area (Å²) in [5.41, 5.74) is 0.310. The Bertz CT molecular complexity index is 2480. The van der Waals surface area contributed by atoms with E-state index in [0.29, 0.717) is 63.6 Å². The molecule has 2 aromatic rings. The molecule has 3 amide bonds. The Hall–Kier alpha value is -7.75. The number of rotatable bonds is 32. The number of carboxylic acid groups (broad SMARTS) is 4. The highest BCUT2D eigenvalue weighted by Gasteiger charge is 2.29. The van der Waals surface area contributed by atoms with Gasteiger partial charge in [0.25, 0.3) is 0 Å². The molecule has 0 spiro atoms. The van der Waals surface area contributed by atoms with Crippen molar-refractivity contribution in [1.82, 2.24) is 50.5 Å². The van der Waals surface area contributed by atoms with Crippen molar-refractivity contribution < 1.29 is 69.6 Å². The minimum Gasteiger partial charge on any atom is -0.511 e. The van der Waals surface area contributed by atoms with Crippen LogP contribution in [0.15, 0.2) is 71.6 Å². The quantitative estimate of drug-likeness (QED) is 0.0368. The van der Waals surface area contributed by atoms with Crippen molar-refractivity contribution in [3.8, 4) is 0 Å². The number of likely N-dealkylation sites (N-methyl/N-ethyl adjacent to an activating group) is 4. The number of nitrogens with zero attached hydrogens (tertiary/aromatic N) is 8. The van der Waals surface area contributed by atoms with Crippen LogP contribution in [0, 0.1) is 5.41 Å². The third-order valence-corrected chi connectivity index (χ3v) is 13.0. The van der Waals surface area contributed by atoms with Crippen LogP contribution >= 0.6 is 0 Å². The molecule has 444 valence electrons. The van der Waals surface area contributed by atoms with Crippen LogP contribution in [0.5, 0.6) is 0 Å². The molecule has 5 atom stereocenters. The number of carbonyl (C=O) groups excluding carboxylic acids is 2. The number of anilines is 4. The number of aliphatic carboxylic acids is 4. The van der Waals surface area contributed by atoms with Gasteiger partial charge in [-0.1, -0.05) is 26.0 Å². The van der Waals surface area contributed by atoms with E-state index < -0.39 is 85.0 Å². The average Bonchev–Trinajstić information content (AvgIpc) is 3.38. The number of aliphatic hydroxyl groups excluding tert-OH is 4. The second-order valence-electron chi connectivity index (χ2n) is 20.2. The zero-order valence-electron chi connectivity index (χ0n) is 47.1. The zero-order valence-corrected chi connectivity index (χ0v) is 47.1. The number of carbonyl (C=O) groups is 6. The minimum atomic E-state index is -1.65. The molecule has 1 aromatic carbocycles. The van der Waals surface area contributed by atoms with Crippen molar-refractivity contribution in [2.45, 2.75) is 96.3 Å². The normalized spacial score (nSPS) is 18.1. The van der Waals surface area contributed by atoms with Crippen LogP contribution in [0.1, 0.15) is 71.3 Å². The van der Waals surface area contributed by atoms with E-state index in [4.69, 9.17) is 5.11 Å². The summed E-state index contributed by atoms with van der Waals surface area (Å²) in [6, 6.07) is 1.81. The zero-order chi connectivity index (χ0) is 59.7. The van der Waals surface area contributed by atoms with Gasteiger partial charge >= 0.3 is 29.9 Å². The summed E-state index contributed by atoms with van der Waals surface area (Å²) in [6.07, 6.45) is 5.59. The highest BCUT2D eigenvalue weighted by atomic mass is 16.4. The van der Waals surface area contributed by atoms with Crippen LogP contribution in [0.25, 0.3) is 0 Å². The van der Waals surface area contributed by atoms with Gasteiger partial charge in [-0.05, 0) is 122 Å². The number of hydrogen-bond donors (Lipinski definition) is 13. The molecule has 0 fully saturated rings. The molecule has 1 aliphatic heterocycles. The maximum atomic E-state index is 12.7. The van der Waals surface area contributed by atoms with Crippen LogP contribution in [0.3, 0.4) is 0 Å². The fraction of sp³-hybridized carbons (Fsp3) is 0.566. The van der Waals surface area contributed by atoms with E-state index in [1.165, 1.54) is 0 Å². The molecule has 13 N–H and O–H groups in total. The van der Waals surface area contributed by atoms with Gasteiger partial charge in [-0.15, -0.1) is 0 Å². The van der Waals surface area contributed by atoms with Gasteiger partial charge in [0.1, 0.15) is 41.2 Å². The van der Waals surface area contributed by atoms with Crippen molar-refractivity contribution in [3.05, 3.63) is 77.2 Å². The number of hydrogen-bond acceptors (Lipinski definition) is 20. The summed E-state index contributed by atoms with van der Waals surface area (Å²) in [4.78, 5) is 94.1. The number of benzene rings is 1. The van der Waals surface area contributed by atoms with E-state index in [0.717, 1.165) is 5.56 Å². The molecule has 80 heavy (non-hydrogen) atoms. The highest BCUT2D eigenvalue weighted by molar-refractivity contribution is 5.87. The van der Waals surface area contributed by atoms with E-state index in [-0.39, 0.29) is 73.6 Å². The van der Waals surface area contributed by atoms with Crippen molar-refractivity contribution in [2.24, 2.45) is 5.41 Å². The number of aliphatic hydroxyl groups is 4. The number of unbranched alkanes of at least 4 members (excludes halogenated alkanes) is 1. The summed E-state index contributed by atoms with van der Waals surface area (Å²) in [5, 5.41) is 95.4. The Labute approximate surface area is 466 Å². The Morgan fingerprint density at radius 1 is 0.688 bits per heavy atom. The molecule has 0 saturated heterocycles.